The zero-order valence-electron chi connectivity index (χ0n) is 10.3. The number of benzene rings is 1. The largest absolute Gasteiger partial charge is 0.315 e. The molecule has 16 heavy (non-hydrogen) atoms. The molecular weight excluding hydrogens is 196 g/mol. The van der Waals surface area contributed by atoms with Gasteiger partial charge in [-0.2, -0.15) is 0 Å². The van der Waals surface area contributed by atoms with Crippen LogP contribution in [-0.2, 0) is 0 Å². The smallest absolute Gasteiger partial charge is 0.0320 e. The predicted molar refractivity (Wildman–Crippen MR) is 68.5 cm³/mol. The molecule has 1 heterocycles. The van der Waals surface area contributed by atoms with Crippen LogP contribution in [-0.4, -0.2) is 31.1 Å². The molecule has 1 aliphatic heterocycles. The average molecular weight is 218 g/mol. The highest BCUT2D eigenvalue weighted by atomic mass is 15.2. The van der Waals surface area contributed by atoms with Crippen molar-refractivity contribution in [3.63, 3.8) is 0 Å². The Hall–Kier alpha value is -0.860. The molecule has 2 atom stereocenters. The number of piperidine rings is 1. The molecule has 88 valence electrons. The molecule has 0 bridgehead atoms. The minimum atomic E-state index is 0.506. The van der Waals surface area contributed by atoms with E-state index in [1.807, 2.05) is 0 Å². The Kier molecular flexibility index (Phi) is 3.97. The van der Waals surface area contributed by atoms with Crippen molar-refractivity contribution < 1.29 is 0 Å². The van der Waals surface area contributed by atoms with Gasteiger partial charge in [-0.05, 0) is 38.9 Å². The second-order valence-corrected chi connectivity index (χ2v) is 4.75. The van der Waals surface area contributed by atoms with E-state index < -0.39 is 0 Å². The first-order chi connectivity index (χ1) is 7.79. The molecule has 0 amide bonds. The average Bonchev–Trinajstić information content (AvgIpc) is 2.39. The normalized spacial score (nSPS) is 23.3. The van der Waals surface area contributed by atoms with E-state index in [0.29, 0.717) is 12.1 Å². The third-order valence-corrected chi connectivity index (χ3v) is 3.74. The Morgan fingerprint density at radius 3 is 2.69 bits per heavy atom. The van der Waals surface area contributed by atoms with Gasteiger partial charge in [0.25, 0.3) is 0 Å². The minimum Gasteiger partial charge on any atom is -0.315 e. The Morgan fingerprint density at radius 2 is 2.06 bits per heavy atom. The third-order valence-electron chi connectivity index (χ3n) is 3.74. The molecule has 1 aliphatic rings. The molecule has 0 aromatic heterocycles. The zero-order valence-corrected chi connectivity index (χ0v) is 10.3. The first kappa shape index (κ1) is 11.6. The van der Waals surface area contributed by atoms with E-state index in [-0.39, 0.29) is 0 Å². The van der Waals surface area contributed by atoms with Crippen molar-refractivity contribution >= 4 is 0 Å². The maximum Gasteiger partial charge on any atom is 0.0320 e. The summed E-state index contributed by atoms with van der Waals surface area (Å²) in [5.41, 5.74) is 1.41. The van der Waals surface area contributed by atoms with Crippen LogP contribution in [0.2, 0.25) is 0 Å². The first-order valence-electron chi connectivity index (χ1n) is 6.26. The lowest BCUT2D eigenvalue weighted by Gasteiger charge is -2.36. The van der Waals surface area contributed by atoms with Gasteiger partial charge in [-0.15, -0.1) is 0 Å². The maximum atomic E-state index is 3.48. The lowest BCUT2D eigenvalue weighted by atomic mass is 10.0. The number of hydrogen-bond acceptors (Lipinski definition) is 2. The van der Waals surface area contributed by atoms with Gasteiger partial charge < -0.3 is 5.32 Å². The standard InChI is InChI=1S/C14H22N2/c1-12(13-7-4-3-5-8-13)16(2)14-9-6-10-15-11-14/h3-5,7-8,12,14-15H,6,9-11H2,1-2H3. The Balaban J connectivity index is 2.00. The summed E-state index contributed by atoms with van der Waals surface area (Å²) < 4.78 is 0. The molecule has 0 spiro atoms. The van der Waals surface area contributed by atoms with Gasteiger partial charge in [-0.3, -0.25) is 4.90 Å². The molecule has 0 radical (unpaired) electrons. The van der Waals surface area contributed by atoms with E-state index in [1.54, 1.807) is 0 Å². The van der Waals surface area contributed by atoms with Gasteiger partial charge in [-0.1, -0.05) is 30.3 Å². The fourth-order valence-electron chi connectivity index (χ4n) is 2.46. The fourth-order valence-corrected chi connectivity index (χ4v) is 2.46. The van der Waals surface area contributed by atoms with Gasteiger partial charge in [0.05, 0.1) is 0 Å². The highest BCUT2D eigenvalue weighted by Crippen LogP contribution is 2.22. The predicted octanol–water partition coefficient (Wildman–Crippen LogP) is 2.43. The van der Waals surface area contributed by atoms with Crippen molar-refractivity contribution in [1.29, 1.82) is 0 Å². The van der Waals surface area contributed by atoms with Crippen LogP contribution in [0.5, 0.6) is 0 Å². The Morgan fingerprint density at radius 1 is 1.31 bits per heavy atom. The van der Waals surface area contributed by atoms with Crippen molar-refractivity contribution in [3.8, 4) is 0 Å². The van der Waals surface area contributed by atoms with Gasteiger partial charge >= 0.3 is 0 Å². The van der Waals surface area contributed by atoms with Crippen LogP contribution in [0.1, 0.15) is 31.4 Å². The monoisotopic (exact) mass is 218 g/mol. The Labute approximate surface area is 98.7 Å². The lowest BCUT2D eigenvalue weighted by molar-refractivity contribution is 0.156. The van der Waals surface area contributed by atoms with Crippen molar-refractivity contribution in [2.75, 3.05) is 20.1 Å². The summed E-state index contributed by atoms with van der Waals surface area (Å²) in [7, 11) is 2.25. The van der Waals surface area contributed by atoms with Crippen LogP contribution in [0.15, 0.2) is 30.3 Å². The third kappa shape index (κ3) is 2.63. The topological polar surface area (TPSA) is 15.3 Å². The van der Waals surface area contributed by atoms with Crippen LogP contribution in [0.25, 0.3) is 0 Å². The summed E-state index contributed by atoms with van der Waals surface area (Å²) in [5, 5.41) is 3.48. The first-order valence-corrected chi connectivity index (χ1v) is 6.26. The summed E-state index contributed by atoms with van der Waals surface area (Å²) >= 11 is 0. The van der Waals surface area contributed by atoms with Crippen LogP contribution < -0.4 is 5.32 Å². The molecule has 2 rings (SSSR count). The molecule has 1 N–H and O–H groups in total. The van der Waals surface area contributed by atoms with Crippen LogP contribution >= 0.6 is 0 Å². The fraction of sp³-hybridized carbons (Fsp3) is 0.571. The highest BCUT2D eigenvalue weighted by molar-refractivity contribution is 5.18. The number of nitrogens with zero attached hydrogens (tertiary/aromatic N) is 1. The molecule has 2 heteroatoms. The van der Waals surface area contributed by atoms with Crippen LogP contribution in [0.4, 0.5) is 0 Å². The molecule has 0 saturated carbocycles. The summed E-state index contributed by atoms with van der Waals surface area (Å²) in [6.45, 7) is 4.61. The van der Waals surface area contributed by atoms with E-state index in [0.717, 1.165) is 6.54 Å². The molecule has 1 saturated heterocycles. The van der Waals surface area contributed by atoms with Crippen molar-refractivity contribution in [2.24, 2.45) is 0 Å². The summed E-state index contributed by atoms with van der Waals surface area (Å²) in [4.78, 5) is 2.50. The number of nitrogens with one attached hydrogen (secondary N) is 1. The highest BCUT2D eigenvalue weighted by Gasteiger charge is 2.22. The SMILES string of the molecule is CC(c1ccccc1)N(C)C1CCCNC1. The van der Waals surface area contributed by atoms with E-state index in [9.17, 15) is 0 Å². The van der Waals surface area contributed by atoms with Gasteiger partial charge in [0.15, 0.2) is 0 Å². The molecule has 2 nitrogen and oxygen atoms in total. The minimum absolute atomic E-state index is 0.506. The molecule has 0 aliphatic carbocycles. The quantitative estimate of drug-likeness (QED) is 0.838. The second kappa shape index (κ2) is 5.46. The summed E-state index contributed by atoms with van der Waals surface area (Å²) in [6, 6.07) is 12.0. The summed E-state index contributed by atoms with van der Waals surface area (Å²) in [5.74, 6) is 0. The van der Waals surface area contributed by atoms with E-state index >= 15 is 0 Å². The Bertz CT molecular complexity index is 304. The van der Waals surface area contributed by atoms with Crippen molar-refractivity contribution in [1.82, 2.24) is 10.2 Å². The number of likely N-dealkylation sites (N-methyl/N-ethyl adjacent to an activating group) is 1. The van der Waals surface area contributed by atoms with E-state index in [4.69, 9.17) is 0 Å². The molecular formula is C14H22N2. The van der Waals surface area contributed by atoms with Gasteiger partial charge in [0.1, 0.15) is 0 Å². The molecule has 2 unspecified atom stereocenters. The van der Waals surface area contributed by atoms with Crippen LogP contribution in [0.3, 0.4) is 0 Å². The van der Waals surface area contributed by atoms with E-state index in [2.05, 4.69) is 54.5 Å². The van der Waals surface area contributed by atoms with E-state index in [1.165, 1.54) is 24.9 Å². The molecule has 1 aromatic carbocycles. The van der Waals surface area contributed by atoms with Crippen molar-refractivity contribution in [2.45, 2.75) is 31.8 Å². The summed E-state index contributed by atoms with van der Waals surface area (Å²) in [6.07, 6.45) is 2.62. The van der Waals surface area contributed by atoms with Gasteiger partial charge in [0, 0.05) is 18.6 Å². The number of rotatable bonds is 3. The molecule has 1 aromatic rings. The van der Waals surface area contributed by atoms with Gasteiger partial charge in [0.2, 0.25) is 0 Å². The number of hydrogen-bond donors (Lipinski definition) is 1. The second-order valence-electron chi connectivity index (χ2n) is 4.75. The zero-order chi connectivity index (χ0) is 11.4. The van der Waals surface area contributed by atoms with Crippen LogP contribution in [0, 0.1) is 0 Å². The molecule has 1 fully saturated rings. The van der Waals surface area contributed by atoms with Gasteiger partial charge in [-0.25, -0.2) is 0 Å². The lowest BCUT2D eigenvalue weighted by Crippen LogP contribution is -2.45. The maximum absolute atomic E-state index is 3.48. The van der Waals surface area contributed by atoms with Crippen molar-refractivity contribution in [3.05, 3.63) is 35.9 Å².